The Labute approximate surface area is 168 Å². The molecule has 0 bridgehead atoms. The van der Waals surface area contributed by atoms with Crippen LogP contribution in [0, 0.1) is 0 Å². The Hall–Kier alpha value is -3.68. The van der Waals surface area contributed by atoms with E-state index in [1.165, 1.54) is 0 Å². The predicted octanol–water partition coefficient (Wildman–Crippen LogP) is 3.58. The number of benzene rings is 1. The predicted molar refractivity (Wildman–Crippen MR) is 110 cm³/mol. The van der Waals surface area contributed by atoms with E-state index in [1.807, 2.05) is 56.4 Å². The highest BCUT2D eigenvalue weighted by Gasteiger charge is 2.19. The molecular formula is C21H22N6O2. The van der Waals surface area contributed by atoms with E-state index in [-0.39, 0.29) is 6.04 Å². The molecule has 4 aromatic rings. The Kier molecular flexibility index (Phi) is 4.99. The summed E-state index contributed by atoms with van der Waals surface area (Å²) < 4.78 is 8.57. The van der Waals surface area contributed by atoms with Gasteiger partial charge in [0, 0.05) is 36.3 Å². The Morgan fingerprint density at radius 2 is 2.00 bits per heavy atom. The summed E-state index contributed by atoms with van der Waals surface area (Å²) in [4.78, 5) is 16.6. The lowest BCUT2D eigenvalue weighted by atomic mass is 10.1. The number of ether oxygens (including phenoxy) is 1. The molecule has 0 radical (unpaired) electrons. The number of nitrogens with one attached hydrogen (secondary N) is 1. The SMILES string of the molecule is CCOC(=O)c1cn(-c2ccc(-c3cc4ncccn4n3)cc2)nc1NC(C)C. The van der Waals surface area contributed by atoms with Crippen LogP contribution in [0.5, 0.6) is 0 Å². The van der Waals surface area contributed by atoms with Crippen molar-refractivity contribution in [3.63, 3.8) is 0 Å². The van der Waals surface area contributed by atoms with E-state index in [4.69, 9.17) is 4.74 Å². The zero-order chi connectivity index (χ0) is 20.4. The van der Waals surface area contributed by atoms with Gasteiger partial charge in [0.15, 0.2) is 11.5 Å². The molecule has 0 aliphatic heterocycles. The topological polar surface area (TPSA) is 86.3 Å². The lowest BCUT2D eigenvalue weighted by molar-refractivity contribution is 0.0527. The van der Waals surface area contributed by atoms with Crippen LogP contribution in [-0.2, 0) is 4.74 Å². The third-order valence-corrected chi connectivity index (χ3v) is 4.30. The van der Waals surface area contributed by atoms with E-state index in [1.54, 1.807) is 28.5 Å². The van der Waals surface area contributed by atoms with Crippen molar-refractivity contribution in [3.05, 3.63) is 60.6 Å². The fourth-order valence-electron chi connectivity index (χ4n) is 3.00. The van der Waals surface area contributed by atoms with Gasteiger partial charge in [0.2, 0.25) is 0 Å². The van der Waals surface area contributed by atoms with Crippen LogP contribution in [0.3, 0.4) is 0 Å². The minimum absolute atomic E-state index is 0.137. The maximum absolute atomic E-state index is 12.3. The summed E-state index contributed by atoms with van der Waals surface area (Å²) in [5.74, 6) is 0.115. The molecule has 0 fully saturated rings. The number of carbonyl (C=O) groups excluding carboxylic acids is 1. The number of fused-ring (bicyclic) bond motifs is 1. The van der Waals surface area contributed by atoms with Crippen LogP contribution in [0.2, 0.25) is 0 Å². The van der Waals surface area contributed by atoms with Crippen LogP contribution < -0.4 is 5.32 Å². The van der Waals surface area contributed by atoms with Gasteiger partial charge in [-0.05, 0) is 39.0 Å². The number of hydrogen-bond acceptors (Lipinski definition) is 6. The second-order valence-corrected chi connectivity index (χ2v) is 6.85. The second kappa shape index (κ2) is 7.75. The fraction of sp³-hybridized carbons (Fsp3) is 0.238. The van der Waals surface area contributed by atoms with Gasteiger partial charge in [-0.1, -0.05) is 12.1 Å². The highest BCUT2D eigenvalue weighted by Crippen LogP contribution is 2.23. The summed E-state index contributed by atoms with van der Waals surface area (Å²) in [6.45, 7) is 6.08. The van der Waals surface area contributed by atoms with Gasteiger partial charge in [0.05, 0.1) is 18.0 Å². The van der Waals surface area contributed by atoms with Crippen LogP contribution in [0.4, 0.5) is 5.82 Å². The lowest BCUT2D eigenvalue weighted by Crippen LogP contribution is -2.14. The quantitative estimate of drug-likeness (QED) is 0.507. The zero-order valence-electron chi connectivity index (χ0n) is 16.5. The van der Waals surface area contributed by atoms with Gasteiger partial charge in [-0.3, -0.25) is 0 Å². The van der Waals surface area contributed by atoms with Crippen molar-refractivity contribution in [2.45, 2.75) is 26.8 Å². The normalized spacial score (nSPS) is 11.2. The molecule has 0 saturated heterocycles. The summed E-state index contributed by atoms with van der Waals surface area (Å²) in [6.07, 6.45) is 5.29. The molecule has 0 amide bonds. The monoisotopic (exact) mass is 390 g/mol. The average molecular weight is 390 g/mol. The molecule has 4 rings (SSSR count). The molecule has 0 aliphatic carbocycles. The number of anilines is 1. The number of nitrogens with zero attached hydrogens (tertiary/aromatic N) is 5. The number of aromatic nitrogens is 5. The molecule has 0 unspecified atom stereocenters. The van der Waals surface area contributed by atoms with Gasteiger partial charge in [-0.25, -0.2) is 19.0 Å². The van der Waals surface area contributed by atoms with Gasteiger partial charge < -0.3 is 10.1 Å². The summed E-state index contributed by atoms with van der Waals surface area (Å²) in [5.41, 5.74) is 3.85. The van der Waals surface area contributed by atoms with Crippen LogP contribution in [0.25, 0.3) is 22.6 Å². The standard InChI is InChI=1S/C21H22N6O2/c1-4-29-21(28)17-13-27(25-20(17)23-14(2)3)16-8-6-15(7-9-16)18-12-19-22-10-5-11-26(19)24-18/h5-14H,4H2,1-3H3,(H,23,25). The highest BCUT2D eigenvalue weighted by molar-refractivity contribution is 5.94. The Balaban J connectivity index is 1.65. The molecule has 0 atom stereocenters. The third-order valence-electron chi connectivity index (χ3n) is 4.30. The molecule has 0 spiro atoms. The van der Waals surface area contributed by atoms with Crippen LogP contribution in [0.1, 0.15) is 31.1 Å². The molecule has 3 aromatic heterocycles. The third kappa shape index (κ3) is 3.82. The van der Waals surface area contributed by atoms with Crippen molar-refractivity contribution in [3.8, 4) is 16.9 Å². The molecule has 3 heterocycles. The molecule has 8 nitrogen and oxygen atoms in total. The van der Waals surface area contributed by atoms with Gasteiger partial charge in [-0.15, -0.1) is 5.10 Å². The van der Waals surface area contributed by atoms with E-state index in [9.17, 15) is 4.79 Å². The second-order valence-electron chi connectivity index (χ2n) is 6.85. The van der Waals surface area contributed by atoms with Gasteiger partial charge in [0.1, 0.15) is 5.56 Å². The first-order valence-corrected chi connectivity index (χ1v) is 9.49. The average Bonchev–Trinajstić information content (AvgIpc) is 3.32. The number of hydrogen-bond donors (Lipinski definition) is 1. The number of esters is 1. The van der Waals surface area contributed by atoms with Crippen molar-refractivity contribution >= 4 is 17.4 Å². The first-order valence-electron chi connectivity index (χ1n) is 9.49. The molecule has 29 heavy (non-hydrogen) atoms. The Bertz CT molecular complexity index is 1110. The number of carbonyl (C=O) groups is 1. The van der Waals surface area contributed by atoms with Crippen LogP contribution in [0.15, 0.2) is 55.0 Å². The maximum atomic E-state index is 12.3. The molecule has 0 saturated carbocycles. The zero-order valence-corrected chi connectivity index (χ0v) is 16.5. The Morgan fingerprint density at radius 1 is 1.21 bits per heavy atom. The highest BCUT2D eigenvalue weighted by atomic mass is 16.5. The molecule has 0 aliphatic rings. The summed E-state index contributed by atoms with van der Waals surface area (Å²) in [5, 5.41) is 12.3. The Morgan fingerprint density at radius 3 is 2.69 bits per heavy atom. The maximum Gasteiger partial charge on any atom is 0.343 e. The van der Waals surface area contributed by atoms with E-state index >= 15 is 0 Å². The van der Waals surface area contributed by atoms with Crippen molar-refractivity contribution in [1.82, 2.24) is 24.4 Å². The van der Waals surface area contributed by atoms with Gasteiger partial charge >= 0.3 is 5.97 Å². The molecular weight excluding hydrogens is 368 g/mol. The van der Waals surface area contributed by atoms with E-state index in [2.05, 4.69) is 20.5 Å². The lowest BCUT2D eigenvalue weighted by Gasteiger charge is -2.08. The minimum Gasteiger partial charge on any atom is -0.462 e. The smallest absolute Gasteiger partial charge is 0.343 e. The molecule has 1 N–H and O–H groups in total. The van der Waals surface area contributed by atoms with E-state index in [0.29, 0.717) is 18.0 Å². The van der Waals surface area contributed by atoms with Gasteiger partial charge in [-0.2, -0.15) is 5.10 Å². The van der Waals surface area contributed by atoms with Crippen LogP contribution >= 0.6 is 0 Å². The largest absolute Gasteiger partial charge is 0.462 e. The van der Waals surface area contributed by atoms with Crippen LogP contribution in [-0.4, -0.2) is 43.0 Å². The molecule has 148 valence electrons. The van der Waals surface area contributed by atoms with E-state index in [0.717, 1.165) is 22.6 Å². The summed E-state index contributed by atoms with van der Waals surface area (Å²) in [7, 11) is 0. The molecule has 8 heteroatoms. The summed E-state index contributed by atoms with van der Waals surface area (Å²) in [6, 6.07) is 11.7. The molecule has 1 aromatic carbocycles. The number of rotatable bonds is 6. The first-order chi connectivity index (χ1) is 14.0. The van der Waals surface area contributed by atoms with Crippen molar-refractivity contribution in [2.75, 3.05) is 11.9 Å². The van der Waals surface area contributed by atoms with Crippen molar-refractivity contribution < 1.29 is 9.53 Å². The fourth-order valence-corrected chi connectivity index (χ4v) is 3.00. The van der Waals surface area contributed by atoms with Gasteiger partial charge in [0.25, 0.3) is 0 Å². The van der Waals surface area contributed by atoms with Crippen molar-refractivity contribution in [2.24, 2.45) is 0 Å². The van der Waals surface area contributed by atoms with E-state index < -0.39 is 5.97 Å². The summed E-state index contributed by atoms with van der Waals surface area (Å²) >= 11 is 0. The van der Waals surface area contributed by atoms with Crippen molar-refractivity contribution in [1.29, 1.82) is 0 Å². The first kappa shape index (κ1) is 18.7. The minimum atomic E-state index is -0.393.